The first-order valence-electron chi connectivity index (χ1n) is 4.60. The van der Waals surface area contributed by atoms with E-state index in [1.807, 2.05) is 13.8 Å². The van der Waals surface area contributed by atoms with E-state index in [2.05, 4.69) is 16.7 Å². The highest BCUT2D eigenvalue weighted by Gasteiger charge is 2.32. The van der Waals surface area contributed by atoms with Gasteiger partial charge in [0.05, 0.1) is 6.07 Å². The zero-order valence-electron chi connectivity index (χ0n) is 8.00. The van der Waals surface area contributed by atoms with Gasteiger partial charge in [0.1, 0.15) is 6.04 Å². The molecule has 0 aromatic heterocycles. The molecule has 13 heavy (non-hydrogen) atoms. The number of carbonyl (C=O) groups is 1. The first-order chi connectivity index (χ1) is 6.13. The minimum Gasteiger partial charge on any atom is -0.336 e. The minimum absolute atomic E-state index is 0.110. The molecule has 0 heterocycles. The molecule has 0 spiro atoms. The Balaban J connectivity index is 2.29. The van der Waals surface area contributed by atoms with Gasteiger partial charge in [-0.05, 0) is 32.6 Å². The largest absolute Gasteiger partial charge is 0.336 e. The summed E-state index contributed by atoms with van der Waals surface area (Å²) in [6.07, 6.45) is 2.11. The van der Waals surface area contributed by atoms with Crippen LogP contribution in [0.15, 0.2) is 0 Å². The van der Waals surface area contributed by atoms with Crippen molar-refractivity contribution in [3.05, 3.63) is 0 Å². The van der Waals surface area contributed by atoms with Crippen molar-refractivity contribution in [1.29, 1.82) is 5.26 Å². The van der Waals surface area contributed by atoms with Crippen LogP contribution >= 0.6 is 0 Å². The predicted octanol–water partition coefficient (Wildman–Crippen LogP) is 0.996. The number of urea groups is 1. The van der Waals surface area contributed by atoms with Crippen molar-refractivity contribution in [2.45, 2.75) is 38.8 Å². The standard InChI is InChI=1S/C9H15N3O/c1-6(2)11-9(13)12-8(5-10)7-3-4-7/h6-8H,3-4H2,1-2H3,(H2,11,12,13). The molecule has 0 aromatic carbocycles. The number of nitrogens with one attached hydrogen (secondary N) is 2. The Labute approximate surface area is 78.3 Å². The lowest BCUT2D eigenvalue weighted by atomic mass is 10.2. The summed E-state index contributed by atoms with van der Waals surface area (Å²) >= 11 is 0. The Kier molecular flexibility index (Phi) is 3.13. The van der Waals surface area contributed by atoms with Gasteiger partial charge in [-0.15, -0.1) is 0 Å². The molecule has 1 rings (SSSR count). The van der Waals surface area contributed by atoms with Gasteiger partial charge >= 0.3 is 6.03 Å². The second-order valence-electron chi connectivity index (χ2n) is 3.72. The Morgan fingerprint density at radius 2 is 2.08 bits per heavy atom. The molecule has 1 atom stereocenters. The van der Waals surface area contributed by atoms with Crippen LogP contribution in [-0.4, -0.2) is 18.1 Å². The van der Waals surface area contributed by atoms with Gasteiger partial charge in [0.2, 0.25) is 0 Å². The van der Waals surface area contributed by atoms with E-state index in [1.165, 1.54) is 0 Å². The van der Waals surface area contributed by atoms with Gasteiger partial charge in [-0.25, -0.2) is 4.79 Å². The quantitative estimate of drug-likeness (QED) is 0.682. The second-order valence-corrected chi connectivity index (χ2v) is 3.72. The highest BCUT2D eigenvalue weighted by atomic mass is 16.2. The molecule has 0 radical (unpaired) electrons. The van der Waals surface area contributed by atoms with Crippen molar-refractivity contribution >= 4 is 6.03 Å². The van der Waals surface area contributed by atoms with Crippen LogP contribution in [0.25, 0.3) is 0 Å². The summed E-state index contributed by atoms with van der Waals surface area (Å²) in [5.41, 5.74) is 0. The average molecular weight is 181 g/mol. The summed E-state index contributed by atoms with van der Waals surface area (Å²) in [4.78, 5) is 11.2. The van der Waals surface area contributed by atoms with Crippen LogP contribution in [-0.2, 0) is 0 Å². The van der Waals surface area contributed by atoms with Gasteiger partial charge in [-0.2, -0.15) is 5.26 Å². The van der Waals surface area contributed by atoms with Gasteiger partial charge in [0, 0.05) is 6.04 Å². The van der Waals surface area contributed by atoms with Crippen LogP contribution in [0.2, 0.25) is 0 Å². The number of nitrogens with zero attached hydrogens (tertiary/aromatic N) is 1. The predicted molar refractivity (Wildman–Crippen MR) is 48.9 cm³/mol. The molecule has 4 nitrogen and oxygen atoms in total. The van der Waals surface area contributed by atoms with Crippen molar-refractivity contribution in [1.82, 2.24) is 10.6 Å². The third kappa shape index (κ3) is 3.32. The fraction of sp³-hybridized carbons (Fsp3) is 0.778. The molecule has 0 aliphatic heterocycles. The summed E-state index contributed by atoms with van der Waals surface area (Å²) in [6, 6.07) is 1.66. The Morgan fingerprint density at radius 3 is 2.46 bits per heavy atom. The zero-order chi connectivity index (χ0) is 9.84. The van der Waals surface area contributed by atoms with Crippen LogP contribution in [0.3, 0.4) is 0 Å². The highest BCUT2D eigenvalue weighted by Crippen LogP contribution is 2.32. The topological polar surface area (TPSA) is 64.9 Å². The molecule has 0 bridgehead atoms. The van der Waals surface area contributed by atoms with Gasteiger partial charge < -0.3 is 10.6 Å². The maximum absolute atomic E-state index is 11.2. The van der Waals surface area contributed by atoms with Crippen LogP contribution < -0.4 is 10.6 Å². The molecular weight excluding hydrogens is 166 g/mol. The summed E-state index contributed by atoms with van der Waals surface area (Å²) in [7, 11) is 0. The van der Waals surface area contributed by atoms with E-state index in [9.17, 15) is 4.79 Å². The summed E-state index contributed by atoms with van der Waals surface area (Å²) in [5.74, 6) is 0.378. The zero-order valence-corrected chi connectivity index (χ0v) is 8.00. The van der Waals surface area contributed by atoms with Crippen LogP contribution in [0.1, 0.15) is 26.7 Å². The molecule has 1 unspecified atom stereocenters. The Bertz CT molecular complexity index is 228. The third-order valence-electron chi connectivity index (χ3n) is 1.94. The van der Waals surface area contributed by atoms with E-state index in [4.69, 9.17) is 5.26 Å². The van der Waals surface area contributed by atoms with Gasteiger partial charge in [-0.1, -0.05) is 0 Å². The van der Waals surface area contributed by atoms with Crippen molar-refractivity contribution < 1.29 is 4.79 Å². The lowest BCUT2D eigenvalue weighted by molar-refractivity contribution is 0.236. The molecule has 1 aliphatic carbocycles. The SMILES string of the molecule is CC(C)NC(=O)NC(C#N)C1CC1. The Hall–Kier alpha value is -1.24. The number of hydrogen-bond acceptors (Lipinski definition) is 2. The molecule has 0 aromatic rings. The molecule has 2 amide bonds. The molecular formula is C9H15N3O. The molecule has 72 valence electrons. The molecule has 2 N–H and O–H groups in total. The fourth-order valence-electron chi connectivity index (χ4n) is 1.13. The van der Waals surface area contributed by atoms with Crippen LogP contribution in [0.4, 0.5) is 4.79 Å². The molecule has 4 heteroatoms. The van der Waals surface area contributed by atoms with E-state index < -0.39 is 0 Å². The lowest BCUT2D eigenvalue weighted by Crippen LogP contribution is -2.44. The highest BCUT2D eigenvalue weighted by molar-refractivity contribution is 5.74. The van der Waals surface area contributed by atoms with E-state index in [0.717, 1.165) is 12.8 Å². The number of nitriles is 1. The maximum atomic E-state index is 11.2. The molecule has 1 fully saturated rings. The minimum atomic E-state index is -0.307. The third-order valence-corrected chi connectivity index (χ3v) is 1.94. The van der Waals surface area contributed by atoms with Gasteiger partial charge in [0.15, 0.2) is 0 Å². The molecule has 0 saturated heterocycles. The first kappa shape index (κ1) is 9.85. The molecule has 1 saturated carbocycles. The lowest BCUT2D eigenvalue weighted by Gasteiger charge is -2.13. The van der Waals surface area contributed by atoms with Crippen molar-refractivity contribution in [3.8, 4) is 6.07 Å². The van der Waals surface area contributed by atoms with Crippen LogP contribution in [0.5, 0.6) is 0 Å². The van der Waals surface area contributed by atoms with Crippen molar-refractivity contribution in [3.63, 3.8) is 0 Å². The first-order valence-corrected chi connectivity index (χ1v) is 4.60. The summed E-state index contributed by atoms with van der Waals surface area (Å²) in [6.45, 7) is 3.77. The van der Waals surface area contributed by atoms with E-state index in [1.54, 1.807) is 0 Å². The van der Waals surface area contributed by atoms with Gasteiger partial charge in [-0.3, -0.25) is 0 Å². The second kappa shape index (κ2) is 4.13. The van der Waals surface area contributed by atoms with E-state index >= 15 is 0 Å². The number of rotatable bonds is 3. The maximum Gasteiger partial charge on any atom is 0.316 e. The normalized spacial score (nSPS) is 17.7. The average Bonchev–Trinajstić information content (AvgIpc) is 2.81. The monoisotopic (exact) mass is 181 g/mol. The van der Waals surface area contributed by atoms with E-state index in [-0.39, 0.29) is 18.1 Å². The number of hydrogen-bond donors (Lipinski definition) is 2. The summed E-state index contributed by atoms with van der Waals surface area (Å²) < 4.78 is 0. The molecule has 1 aliphatic rings. The van der Waals surface area contributed by atoms with Crippen LogP contribution in [0, 0.1) is 17.2 Å². The smallest absolute Gasteiger partial charge is 0.316 e. The van der Waals surface area contributed by atoms with Crippen molar-refractivity contribution in [2.24, 2.45) is 5.92 Å². The fourth-order valence-corrected chi connectivity index (χ4v) is 1.13. The van der Waals surface area contributed by atoms with Crippen molar-refractivity contribution in [2.75, 3.05) is 0 Å². The number of carbonyl (C=O) groups excluding carboxylic acids is 1. The van der Waals surface area contributed by atoms with E-state index in [0.29, 0.717) is 5.92 Å². The Morgan fingerprint density at radius 1 is 1.46 bits per heavy atom. The summed E-state index contributed by atoms with van der Waals surface area (Å²) in [5, 5.41) is 14.1. The number of amides is 2. The van der Waals surface area contributed by atoms with Gasteiger partial charge in [0.25, 0.3) is 0 Å².